The number of nitrogen functional groups attached to an aromatic ring is 1. The standard InChI is InChI=1S/C14H14FIN2O/c15-11-5-14(13(17)6-12(11)16)18-7-9-1-3-10(8-19)4-2-9/h1-6,18-19H,7-8,17H2. The molecule has 0 spiro atoms. The molecule has 0 saturated carbocycles. The fourth-order valence-electron chi connectivity index (χ4n) is 1.68. The summed E-state index contributed by atoms with van der Waals surface area (Å²) in [4.78, 5) is 0. The zero-order valence-electron chi connectivity index (χ0n) is 10.2. The van der Waals surface area contributed by atoms with Gasteiger partial charge in [0.1, 0.15) is 5.82 Å². The minimum absolute atomic E-state index is 0.0307. The van der Waals surface area contributed by atoms with E-state index in [2.05, 4.69) is 5.32 Å². The topological polar surface area (TPSA) is 58.3 Å². The summed E-state index contributed by atoms with van der Waals surface area (Å²) in [5.74, 6) is -0.284. The lowest BCUT2D eigenvalue weighted by Gasteiger charge is -2.10. The highest BCUT2D eigenvalue weighted by Crippen LogP contribution is 2.24. The highest BCUT2D eigenvalue weighted by Gasteiger charge is 2.05. The van der Waals surface area contributed by atoms with Gasteiger partial charge in [-0.15, -0.1) is 0 Å². The molecule has 3 nitrogen and oxygen atoms in total. The van der Waals surface area contributed by atoms with Crippen molar-refractivity contribution in [2.24, 2.45) is 0 Å². The molecule has 0 atom stereocenters. The predicted octanol–water partition coefficient (Wildman–Crippen LogP) is 3.12. The van der Waals surface area contributed by atoms with E-state index in [0.717, 1.165) is 11.1 Å². The first-order valence-corrected chi connectivity index (χ1v) is 6.85. The van der Waals surface area contributed by atoms with Gasteiger partial charge in [0.15, 0.2) is 0 Å². The van der Waals surface area contributed by atoms with Crippen LogP contribution in [0, 0.1) is 9.39 Å². The van der Waals surface area contributed by atoms with Crippen molar-refractivity contribution in [3.8, 4) is 0 Å². The first kappa shape index (κ1) is 14.1. The Morgan fingerprint density at radius 1 is 1.16 bits per heavy atom. The fourth-order valence-corrected chi connectivity index (χ4v) is 2.17. The number of rotatable bonds is 4. The number of halogens is 2. The van der Waals surface area contributed by atoms with Gasteiger partial charge < -0.3 is 16.2 Å². The van der Waals surface area contributed by atoms with Crippen LogP contribution in [0.5, 0.6) is 0 Å². The van der Waals surface area contributed by atoms with Crippen LogP contribution >= 0.6 is 22.6 Å². The molecular weight excluding hydrogens is 358 g/mol. The quantitative estimate of drug-likeness (QED) is 0.571. The van der Waals surface area contributed by atoms with Gasteiger partial charge >= 0.3 is 0 Å². The molecule has 0 heterocycles. The van der Waals surface area contributed by atoms with Crippen molar-refractivity contribution >= 4 is 34.0 Å². The Morgan fingerprint density at radius 3 is 2.42 bits per heavy atom. The van der Waals surface area contributed by atoms with Crippen LogP contribution in [-0.2, 0) is 13.2 Å². The zero-order chi connectivity index (χ0) is 13.8. The number of anilines is 2. The third-order valence-electron chi connectivity index (χ3n) is 2.78. The molecule has 0 aliphatic heterocycles. The molecule has 0 bridgehead atoms. The number of benzene rings is 2. The van der Waals surface area contributed by atoms with E-state index < -0.39 is 0 Å². The van der Waals surface area contributed by atoms with E-state index in [1.165, 1.54) is 6.07 Å². The van der Waals surface area contributed by atoms with Gasteiger partial charge in [-0.2, -0.15) is 0 Å². The molecule has 2 aromatic rings. The van der Waals surface area contributed by atoms with Gasteiger partial charge in [0.2, 0.25) is 0 Å². The minimum atomic E-state index is -0.284. The summed E-state index contributed by atoms with van der Waals surface area (Å²) in [6.45, 7) is 0.582. The molecule has 2 aromatic carbocycles. The van der Waals surface area contributed by atoms with Crippen molar-refractivity contribution in [3.05, 3.63) is 56.9 Å². The van der Waals surface area contributed by atoms with Gasteiger partial charge in [-0.05, 0) is 39.8 Å². The molecule has 4 N–H and O–H groups in total. The molecule has 100 valence electrons. The smallest absolute Gasteiger partial charge is 0.138 e. The van der Waals surface area contributed by atoms with E-state index in [1.807, 2.05) is 46.9 Å². The number of aliphatic hydroxyl groups excluding tert-OH is 1. The van der Waals surface area contributed by atoms with Crippen LogP contribution in [0.2, 0.25) is 0 Å². The largest absolute Gasteiger partial charge is 0.397 e. The number of nitrogens with one attached hydrogen (secondary N) is 1. The second-order valence-corrected chi connectivity index (χ2v) is 5.34. The van der Waals surface area contributed by atoms with Gasteiger partial charge in [0.05, 0.1) is 21.6 Å². The third kappa shape index (κ3) is 3.57. The Balaban J connectivity index is 2.07. The first-order chi connectivity index (χ1) is 9.10. The van der Waals surface area contributed by atoms with Crippen LogP contribution in [-0.4, -0.2) is 5.11 Å². The van der Waals surface area contributed by atoms with Crippen LogP contribution in [0.15, 0.2) is 36.4 Å². The molecule has 0 radical (unpaired) electrons. The lowest BCUT2D eigenvalue weighted by Crippen LogP contribution is -2.04. The normalized spacial score (nSPS) is 10.5. The maximum Gasteiger partial charge on any atom is 0.138 e. The number of aliphatic hydroxyl groups is 1. The molecule has 0 aliphatic rings. The summed E-state index contributed by atoms with van der Waals surface area (Å²) in [5.41, 5.74) is 8.85. The Hall–Kier alpha value is -1.34. The van der Waals surface area contributed by atoms with Crippen LogP contribution in [0.25, 0.3) is 0 Å². The molecule has 2 rings (SSSR count). The fraction of sp³-hybridized carbons (Fsp3) is 0.143. The molecule has 5 heteroatoms. The van der Waals surface area contributed by atoms with Gasteiger partial charge in [-0.25, -0.2) is 4.39 Å². The monoisotopic (exact) mass is 372 g/mol. The van der Waals surface area contributed by atoms with E-state index >= 15 is 0 Å². The predicted molar refractivity (Wildman–Crippen MR) is 83.2 cm³/mol. The average Bonchev–Trinajstić information content (AvgIpc) is 2.42. The molecule has 0 fully saturated rings. The van der Waals surface area contributed by atoms with Gasteiger partial charge in [-0.3, -0.25) is 0 Å². The summed E-state index contributed by atoms with van der Waals surface area (Å²) in [6, 6.07) is 10.5. The molecule has 0 aromatic heterocycles. The highest BCUT2D eigenvalue weighted by atomic mass is 127. The van der Waals surface area contributed by atoms with Crippen LogP contribution in [0.4, 0.5) is 15.8 Å². The second kappa shape index (κ2) is 6.21. The number of hydrogen-bond acceptors (Lipinski definition) is 3. The Kier molecular flexibility index (Phi) is 4.60. The molecule has 0 saturated heterocycles. The second-order valence-electron chi connectivity index (χ2n) is 4.18. The summed E-state index contributed by atoms with van der Waals surface area (Å²) in [6.07, 6.45) is 0. The Morgan fingerprint density at radius 2 is 1.79 bits per heavy atom. The average molecular weight is 372 g/mol. The summed E-state index contributed by atoms with van der Waals surface area (Å²) in [5, 5.41) is 12.1. The maximum atomic E-state index is 13.5. The summed E-state index contributed by atoms with van der Waals surface area (Å²) < 4.78 is 14.0. The molecule has 19 heavy (non-hydrogen) atoms. The molecule has 0 aliphatic carbocycles. The summed E-state index contributed by atoms with van der Waals surface area (Å²) >= 11 is 1.91. The maximum absolute atomic E-state index is 13.5. The number of nitrogens with two attached hydrogens (primary N) is 1. The SMILES string of the molecule is Nc1cc(I)c(F)cc1NCc1ccc(CO)cc1. The Bertz CT molecular complexity index is 572. The van der Waals surface area contributed by atoms with E-state index in [1.54, 1.807) is 6.07 Å². The molecule has 0 amide bonds. The van der Waals surface area contributed by atoms with Crippen molar-refractivity contribution in [3.63, 3.8) is 0 Å². The van der Waals surface area contributed by atoms with Crippen molar-refractivity contribution in [1.82, 2.24) is 0 Å². The van der Waals surface area contributed by atoms with Crippen molar-refractivity contribution in [1.29, 1.82) is 0 Å². The van der Waals surface area contributed by atoms with Crippen molar-refractivity contribution in [2.75, 3.05) is 11.1 Å². The Labute approximate surface area is 124 Å². The lowest BCUT2D eigenvalue weighted by atomic mass is 10.1. The number of hydrogen-bond donors (Lipinski definition) is 3. The van der Waals surface area contributed by atoms with Crippen molar-refractivity contribution < 1.29 is 9.50 Å². The van der Waals surface area contributed by atoms with Crippen LogP contribution in [0.3, 0.4) is 0 Å². The van der Waals surface area contributed by atoms with E-state index in [9.17, 15) is 4.39 Å². The van der Waals surface area contributed by atoms with E-state index in [-0.39, 0.29) is 12.4 Å². The van der Waals surface area contributed by atoms with Crippen molar-refractivity contribution in [2.45, 2.75) is 13.2 Å². The summed E-state index contributed by atoms with van der Waals surface area (Å²) in [7, 11) is 0. The first-order valence-electron chi connectivity index (χ1n) is 5.77. The molecular formula is C14H14FIN2O. The van der Waals surface area contributed by atoms with Crippen LogP contribution < -0.4 is 11.1 Å². The van der Waals surface area contributed by atoms with Gasteiger partial charge in [0, 0.05) is 12.6 Å². The third-order valence-corrected chi connectivity index (χ3v) is 3.61. The highest BCUT2D eigenvalue weighted by molar-refractivity contribution is 14.1. The lowest BCUT2D eigenvalue weighted by molar-refractivity contribution is 0.282. The van der Waals surface area contributed by atoms with E-state index in [0.29, 0.717) is 21.5 Å². The molecule has 0 unspecified atom stereocenters. The minimum Gasteiger partial charge on any atom is -0.397 e. The van der Waals surface area contributed by atoms with E-state index in [4.69, 9.17) is 10.8 Å². The van der Waals surface area contributed by atoms with Gasteiger partial charge in [-0.1, -0.05) is 24.3 Å². The van der Waals surface area contributed by atoms with Crippen LogP contribution in [0.1, 0.15) is 11.1 Å². The van der Waals surface area contributed by atoms with Gasteiger partial charge in [0.25, 0.3) is 0 Å². The zero-order valence-corrected chi connectivity index (χ0v) is 12.3.